The highest BCUT2D eigenvalue weighted by atomic mass is 32.2. The van der Waals surface area contributed by atoms with Crippen LogP contribution in [0.4, 0.5) is 10.5 Å². The van der Waals surface area contributed by atoms with Gasteiger partial charge < -0.3 is 15.8 Å². The van der Waals surface area contributed by atoms with E-state index in [4.69, 9.17) is 10.5 Å². The van der Waals surface area contributed by atoms with Crippen LogP contribution in [-0.4, -0.2) is 35.7 Å². The summed E-state index contributed by atoms with van der Waals surface area (Å²) in [5.74, 6) is -1.71. The molecule has 0 spiro atoms. The molecular weight excluding hydrogens is 334 g/mol. The summed E-state index contributed by atoms with van der Waals surface area (Å²) in [7, 11) is 0. The van der Waals surface area contributed by atoms with Crippen molar-refractivity contribution in [3.8, 4) is 0 Å². The summed E-state index contributed by atoms with van der Waals surface area (Å²) in [5.41, 5.74) is 5.62. The lowest BCUT2D eigenvalue weighted by atomic mass is 10.1. The number of carbonyl (C=O) groups excluding carboxylic acids is 4. The van der Waals surface area contributed by atoms with Crippen molar-refractivity contribution in [3.05, 3.63) is 23.8 Å². The van der Waals surface area contributed by atoms with Crippen molar-refractivity contribution < 1.29 is 23.9 Å². The highest BCUT2D eigenvalue weighted by molar-refractivity contribution is 8.00. The van der Waals surface area contributed by atoms with Crippen LogP contribution in [0.25, 0.3) is 0 Å². The zero-order valence-corrected chi connectivity index (χ0v) is 13.9. The number of nitrogens with one attached hydrogen (secondary N) is 2. The Morgan fingerprint density at radius 1 is 1.33 bits per heavy atom. The zero-order chi connectivity index (χ0) is 17.9. The van der Waals surface area contributed by atoms with Crippen molar-refractivity contribution in [3.63, 3.8) is 0 Å². The molecule has 1 aromatic rings. The van der Waals surface area contributed by atoms with E-state index >= 15 is 0 Å². The number of nitrogens with two attached hydrogens (primary N) is 1. The average molecular weight is 351 g/mol. The number of amides is 4. The molecule has 1 heterocycles. The van der Waals surface area contributed by atoms with Gasteiger partial charge in [0.05, 0.1) is 17.0 Å². The van der Waals surface area contributed by atoms with E-state index in [1.165, 1.54) is 17.8 Å². The number of anilines is 1. The first-order chi connectivity index (χ1) is 11.3. The van der Waals surface area contributed by atoms with E-state index in [0.29, 0.717) is 11.4 Å². The van der Waals surface area contributed by atoms with Crippen LogP contribution in [0.15, 0.2) is 23.1 Å². The normalized spacial score (nSPS) is 14.4. The number of thioether (sulfide) groups is 1. The molecule has 0 aliphatic carbocycles. The number of ether oxygens (including phenoxy) is 1. The first-order valence-corrected chi connectivity index (χ1v) is 8.14. The van der Waals surface area contributed by atoms with E-state index in [1.54, 1.807) is 26.0 Å². The Morgan fingerprint density at radius 3 is 2.67 bits per heavy atom. The number of imide groups is 1. The molecule has 4 amide bonds. The summed E-state index contributed by atoms with van der Waals surface area (Å²) < 4.78 is 5.20. The quantitative estimate of drug-likeness (QED) is 0.697. The fraction of sp³-hybridized carbons (Fsp3) is 0.333. The first kappa shape index (κ1) is 17.8. The number of fused-ring (bicyclic) bond motifs is 1. The smallest absolute Gasteiger partial charge is 0.338 e. The first-order valence-electron chi connectivity index (χ1n) is 7.16. The van der Waals surface area contributed by atoms with Crippen molar-refractivity contribution in [1.29, 1.82) is 0 Å². The second kappa shape index (κ2) is 7.35. The summed E-state index contributed by atoms with van der Waals surface area (Å²) in [6.07, 6.45) is -1.16. The Bertz CT molecular complexity index is 704. The highest BCUT2D eigenvalue weighted by Gasteiger charge is 2.28. The van der Waals surface area contributed by atoms with Crippen LogP contribution in [0.5, 0.6) is 0 Å². The number of carbonyl (C=O) groups is 4. The molecule has 1 aromatic carbocycles. The van der Waals surface area contributed by atoms with Gasteiger partial charge in [0.1, 0.15) is 0 Å². The van der Waals surface area contributed by atoms with Crippen LogP contribution in [0.3, 0.4) is 0 Å². The lowest BCUT2D eigenvalue weighted by Gasteiger charge is -2.21. The minimum absolute atomic E-state index is 0.154. The van der Waals surface area contributed by atoms with Gasteiger partial charge >= 0.3 is 12.0 Å². The van der Waals surface area contributed by atoms with E-state index in [1.807, 2.05) is 5.32 Å². The van der Waals surface area contributed by atoms with Crippen LogP contribution in [-0.2, 0) is 14.3 Å². The van der Waals surface area contributed by atoms with Gasteiger partial charge in [0.25, 0.3) is 5.91 Å². The molecule has 8 nitrogen and oxygen atoms in total. The zero-order valence-electron chi connectivity index (χ0n) is 13.1. The molecule has 1 aliphatic rings. The number of hydrogen-bond donors (Lipinski definition) is 3. The largest absolute Gasteiger partial charge is 0.448 e. The second-order valence-corrected chi connectivity index (χ2v) is 6.49. The summed E-state index contributed by atoms with van der Waals surface area (Å²) >= 11 is 1.37. The molecule has 24 heavy (non-hydrogen) atoms. The van der Waals surface area contributed by atoms with Crippen molar-refractivity contribution in [2.75, 3.05) is 11.1 Å². The van der Waals surface area contributed by atoms with Crippen molar-refractivity contribution in [2.24, 2.45) is 11.7 Å². The molecule has 0 radical (unpaired) electrons. The maximum atomic E-state index is 12.3. The Kier molecular flexibility index (Phi) is 5.45. The number of esters is 1. The minimum atomic E-state index is -1.16. The lowest BCUT2D eigenvalue weighted by Crippen LogP contribution is -2.45. The number of urea groups is 1. The predicted octanol–water partition coefficient (Wildman–Crippen LogP) is 1.11. The molecule has 2 rings (SSSR count). The Balaban J connectivity index is 2.15. The van der Waals surface area contributed by atoms with Crippen molar-refractivity contribution >= 4 is 41.3 Å². The van der Waals surface area contributed by atoms with Crippen LogP contribution in [0, 0.1) is 5.92 Å². The molecule has 0 aromatic heterocycles. The maximum absolute atomic E-state index is 12.3. The van der Waals surface area contributed by atoms with E-state index in [0.717, 1.165) is 4.90 Å². The van der Waals surface area contributed by atoms with Gasteiger partial charge in [0.2, 0.25) is 5.91 Å². The van der Waals surface area contributed by atoms with Gasteiger partial charge in [0.15, 0.2) is 6.10 Å². The third-order valence-electron chi connectivity index (χ3n) is 3.19. The average Bonchev–Trinajstić information content (AvgIpc) is 2.50. The monoisotopic (exact) mass is 351 g/mol. The van der Waals surface area contributed by atoms with Crippen LogP contribution >= 0.6 is 11.8 Å². The molecule has 4 N–H and O–H groups in total. The standard InChI is InChI=1S/C15H17N3O5S/c1-7(2)12(13(20)18-15(16)22)23-14(21)8-3-4-10-9(5-8)17-11(19)6-24-10/h3-5,7,12H,6H2,1-2H3,(H,17,19)(H3,16,18,20,22)/t12-/m0/s1. The molecule has 0 fully saturated rings. The fourth-order valence-corrected chi connectivity index (χ4v) is 2.87. The number of hydrogen-bond acceptors (Lipinski definition) is 6. The van der Waals surface area contributed by atoms with Crippen LogP contribution in [0.1, 0.15) is 24.2 Å². The number of primary amides is 1. The maximum Gasteiger partial charge on any atom is 0.338 e. The molecule has 0 saturated heterocycles. The van der Waals surface area contributed by atoms with Gasteiger partial charge in [-0.2, -0.15) is 0 Å². The van der Waals surface area contributed by atoms with Crippen molar-refractivity contribution in [2.45, 2.75) is 24.8 Å². The summed E-state index contributed by atoms with van der Waals surface area (Å²) in [4.78, 5) is 47.2. The Hall–Kier alpha value is -2.55. The van der Waals surface area contributed by atoms with E-state index in [-0.39, 0.29) is 17.4 Å². The lowest BCUT2D eigenvalue weighted by molar-refractivity contribution is -0.130. The van der Waals surface area contributed by atoms with E-state index < -0.39 is 24.0 Å². The van der Waals surface area contributed by atoms with E-state index in [9.17, 15) is 19.2 Å². The minimum Gasteiger partial charge on any atom is -0.448 e. The van der Waals surface area contributed by atoms with E-state index in [2.05, 4.69) is 5.32 Å². The van der Waals surface area contributed by atoms with Gasteiger partial charge in [-0.1, -0.05) is 13.8 Å². The molecule has 1 aliphatic heterocycles. The van der Waals surface area contributed by atoms with Crippen LogP contribution in [0.2, 0.25) is 0 Å². The van der Waals surface area contributed by atoms with Gasteiger partial charge in [-0.05, 0) is 24.1 Å². The summed E-state index contributed by atoms with van der Waals surface area (Å²) in [5, 5.41) is 4.57. The van der Waals surface area contributed by atoms with Gasteiger partial charge in [-0.25, -0.2) is 9.59 Å². The van der Waals surface area contributed by atoms with Gasteiger partial charge in [-0.15, -0.1) is 11.8 Å². The molecule has 128 valence electrons. The highest BCUT2D eigenvalue weighted by Crippen LogP contribution is 2.32. The second-order valence-electron chi connectivity index (χ2n) is 5.47. The third-order valence-corrected chi connectivity index (χ3v) is 4.27. The number of benzene rings is 1. The van der Waals surface area contributed by atoms with Crippen molar-refractivity contribution in [1.82, 2.24) is 5.32 Å². The third kappa shape index (κ3) is 4.25. The predicted molar refractivity (Wildman–Crippen MR) is 87.6 cm³/mol. The molecule has 1 atom stereocenters. The molecular formula is C15H17N3O5S. The molecule has 0 unspecified atom stereocenters. The molecule has 9 heteroatoms. The Morgan fingerprint density at radius 2 is 2.04 bits per heavy atom. The molecule has 0 saturated carbocycles. The Labute approximate surface area is 142 Å². The summed E-state index contributed by atoms with van der Waals surface area (Å²) in [6, 6.07) is 3.72. The number of rotatable bonds is 4. The summed E-state index contributed by atoms with van der Waals surface area (Å²) in [6.45, 7) is 3.34. The molecule has 0 bridgehead atoms. The van der Waals surface area contributed by atoms with Gasteiger partial charge in [0, 0.05) is 4.90 Å². The topological polar surface area (TPSA) is 128 Å². The van der Waals surface area contributed by atoms with Crippen LogP contribution < -0.4 is 16.4 Å². The fourth-order valence-electron chi connectivity index (χ4n) is 2.08. The van der Waals surface area contributed by atoms with Gasteiger partial charge in [-0.3, -0.25) is 14.9 Å². The SMILES string of the molecule is CC(C)[C@H](OC(=O)c1ccc2c(c1)NC(=O)CS2)C(=O)NC(N)=O.